The molecule has 1 aromatic heterocycles. The fraction of sp³-hybridized carbons (Fsp3) is 0.375. The van der Waals surface area contributed by atoms with E-state index in [1.807, 2.05) is 48.5 Å². The first-order valence-corrected chi connectivity index (χ1v) is 12.4. The minimum atomic E-state index is -3.63. The number of hydrogen-bond acceptors (Lipinski definition) is 8. The summed E-state index contributed by atoms with van der Waals surface area (Å²) >= 11 is 0. The molecule has 0 spiro atoms. The molecule has 1 N–H and O–H groups in total. The standard InChI is InChI=1S/C24H31N2O6P/c1-5-30-33(27,31-6-2)24-23(32-22(26-24)17-18-10-8-7-9-11-18)25-15-14-19-12-13-20(28-3)21(16-19)29-4/h7-13,16,25H,5-6,14-15,17H2,1-4H3. The molecular weight excluding hydrogens is 443 g/mol. The minimum Gasteiger partial charge on any atom is -0.493 e. The van der Waals surface area contributed by atoms with Gasteiger partial charge in [-0.25, -0.2) is 4.98 Å². The summed E-state index contributed by atoms with van der Waals surface area (Å²) in [6, 6.07) is 15.6. The predicted octanol–water partition coefficient (Wildman–Crippen LogP) is 4.83. The van der Waals surface area contributed by atoms with Gasteiger partial charge in [-0.1, -0.05) is 36.4 Å². The van der Waals surface area contributed by atoms with Gasteiger partial charge in [0, 0.05) is 13.0 Å². The number of methoxy groups -OCH3 is 2. The second-order valence-electron chi connectivity index (χ2n) is 7.12. The maximum Gasteiger partial charge on any atom is 0.385 e. The molecule has 0 radical (unpaired) electrons. The van der Waals surface area contributed by atoms with Crippen LogP contribution in [0.15, 0.2) is 52.9 Å². The summed E-state index contributed by atoms with van der Waals surface area (Å²) in [5.74, 6) is 2.07. The zero-order chi connectivity index (χ0) is 23.7. The molecule has 178 valence electrons. The van der Waals surface area contributed by atoms with Gasteiger partial charge in [0.05, 0.1) is 27.4 Å². The third-order valence-electron chi connectivity index (χ3n) is 4.86. The molecule has 0 unspecified atom stereocenters. The van der Waals surface area contributed by atoms with Gasteiger partial charge in [0.2, 0.25) is 17.2 Å². The Labute approximate surface area is 194 Å². The molecule has 3 aromatic rings. The summed E-state index contributed by atoms with van der Waals surface area (Å²) in [5, 5.41) is 3.22. The van der Waals surface area contributed by atoms with Gasteiger partial charge in [0.25, 0.3) is 0 Å². The van der Waals surface area contributed by atoms with Crippen LogP contribution in [0.2, 0.25) is 0 Å². The first-order chi connectivity index (χ1) is 16.0. The molecule has 2 aromatic carbocycles. The van der Waals surface area contributed by atoms with E-state index >= 15 is 0 Å². The molecule has 1 heterocycles. The Hall–Kier alpha value is -2.80. The summed E-state index contributed by atoms with van der Waals surface area (Å²) in [6.45, 7) is 4.49. The predicted molar refractivity (Wildman–Crippen MR) is 128 cm³/mol. The van der Waals surface area contributed by atoms with Crippen LogP contribution in [0.3, 0.4) is 0 Å². The number of aromatic nitrogens is 1. The van der Waals surface area contributed by atoms with E-state index in [4.69, 9.17) is 22.9 Å². The maximum atomic E-state index is 13.5. The summed E-state index contributed by atoms with van der Waals surface area (Å²) in [4.78, 5) is 4.51. The number of rotatable bonds is 13. The van der Waals surface area contributed by atoms with Gasteiger partial charge in [-0.05, 0) is 43.5 Å². The summed E-state index contributed by atoms with van der Waals surface area (Å²) in [7, 11) is -0.424. The molecule has 0 fully saturated rings. The highest BCUT2D eigenvalue weighted by atomic mass is 31.2. The molecule has 0 aliphatic carbocycles. The lowest BCUT2D eigenvalue weighted by molar-refractivity contribution is 0.229. The molecule has 33 heavy (non-hydrogen) atoms. The molecule has 8 nitrogen and oxygen atoms in total. The summed E-state index contributed by atoms with van der Waals surface area (Å²) in [5.41, 5.74) is 2.25. The van der Waals surface area contributed by atoms with Crippen LogP contribution in [0.5, 0.6) is 11.5 Å². The normalized spacial score (nSPS) is 11.4. The van der Waals surface area contributed by atoms with Gasteiger partial charge < -0.3 is 28.3 Å². The largest absolute Gasteiger partial charge is 0.493 e. The second kappa shape index (κ2) is 11.9. The Morgan fingerprint density at radius 3 is 2.27 bits per heavy atom. The number of benzene rings is 2. The van der Waals surface area contributed by atoms with Gasteiger partial charge in [0.15, 0.2) is 11.5 Å². The van der Waals surface area contributed by atoms with E-state index < -0.39 is 7.60 Å². The Morgan fingerprint density at radius 1 is 0.939 bits per heavy atom. The van der Waals surface area contributed by atoms with Crippen LogP contribution in [-0.2, 0) is 26.5 Å². The smallest absolute Gasteiger partial charge is 0.385 e. The van der Waals surface area contributed by atoms with Gasteiger partial charge in [-0.15, -0.1) is 0 Å². The van der Waals surface area contributed by atoms with Gasteiger partial charge in [-0.3, -0.25) is 4.57 Å². The molecule has 0 atom stereocenters. The van der Waals surface area contributed by atoms with Crippen molar-refractivity contribution < 1.29 is 27.5 Å². The fourth-order valence-corrected chi connectivity index (χ4v) is 4.96. The lowest BCUT2D eigenvalue weighted by Gasteiger charge is -2.15. The van der Waals surface area contributed by atoms with E-state index in [-0.39, 0.29) is 18.6 Å². The number of oxazole rings is 1. The number of nitrogens with zero attached hydrogens (tertiary/aromatic N) is 1. The van der Waals surface area contributed by atoms with E-state index in [1.54, 1.807) is 28.1 Å². The topological polar surface area (TPSA) is 92.1 Å². The zero-order valence-electron chi connectivity index (χ0n) is 19.5. The minimum absolute atomic E-state index is 0.171. The van der Waals surface area contributed by atoms with Crippen molar-refractivity contribution in [1.29, 1.82) is 0 Å². The number of anilines is 1. The Bertz CT molecular complexity index is 1060. The van der Waals surface area contributed by atoms with Crippen LogP contribution >= 0.6 is 7.60 Å². The van der Waals surface area contributed by atoms with Crippen molar-refractivity contribution in [2.24, 2.45) is 0 Å². The molecule has 0 saturated carbocycles. The Kier molecular flexibility index (Phi) is 8.95. The van der Waals surface area contributed by atoms with Crippen LogP contribution in [0.25, 0.3) is 0 Å². The highest BCUT2D eigenvalue weighted by molar-refractivity contribution is 7.62. The van der Waals surface area contributed by atoms with E-state index in [2.05, 4.69) is 10.3 Å². The second-order valence-corrected chi connectivity index (χ2v) is 9.06. The number of ether oxygens (including phenoxy) is 2. The molecule has 9 heteroatoms. The molecule has 3 rings (SSSR count). The van der Waals surface area contributed by atoms with Gasteiger partial charge >= 0.3 is 7.60 Å². The van der Waals surface area contributed by atoms with Crippen molar-refractivity contribution in [3.05, 3.63) is 65.5 Å². The van der Waals surface area contributed by atoms with Gasteiger partial charge in [0.1, 0.15) is 0 Å². The lowest BCUT2D eigenvalue weighted by atomic mass is 10.1. The number of hydrogen-bond donors (Lipinski definition) is 1. The van der Waals surface area contributed by atoms with Crippen molar-refractivity contribution in [3.63, 3.8) is 0 Å². The van der Waals surface area contributed by atoms with Crippen molar-refractivity contribution in [2.45, 2.75) is 26.7 Å². The van der Waals surface area contributed by atoms with E-state index in [0.29, 0.717) is 42.7 Å². The highest BCUT2D eigenvalue weighted by Gasteiger charge is 2.35. The average Bonchev–Trinajstić information content (AvgIpc) is 3.23. The van der Waals surface area contributed by atoms with E-state index in [9.17, 15) is 4.57 Å². The number of nitrogens with one attached hydrogen (secondary N) is 1. The highest BCUT2D eigenvalue weighted by Crippen LogP contribution is 2.48. The van der Waals surface area contributed by atoms with Crippen molar-refractivity contribution >= 4 is 18.9 Å². The maximum absolute atomic E-state index is 13.5. The summed E-state index contributed by atoms with van der Waals surface area (Å²) in [6.07, 6.45) is 1.13. The first-order valence-electron chi connectivity index (χ1n) is 10.9. The summed E-state index contributed by atoms with van der Waals surface area (Å²) < 4.78 is 41.1. The Balaban J connectivity index is 1.82. The molecule has 0 bridgehead atoms. The van der Waals surface area contributed by atoms with Crippen LogP contribution < -0.4 is 20.2 Å². The molecule has 0 saturated heterocycles. The quantitative estimate of drug-likeness (QED) is 0.352. The molecular formula is C24H31N2O6P. The first kappa shape index (κ1) is 24.8. The fourth-order valence-electron chi connectivity index (χ4n) is 3.36. The van der Waals surface area contributed by atoms with Crippen LogP contribution in [0, 0.1) is 0 Å². The van der Waals surface area contributed by atoms with Crippen LogP contribution in [0.1, 0.15) is 30.9 Å². The molecule has 0 aliphatic heterocycles. The molecule has 0 aliphatic rings. The third-order valence-corrected chi connectivity index (χ3v) is 6.87. The van der Waals surface area contributed by atoms with Crippen molar-refractivity contribution in [1.82, 2.24) is 4.98 Å². The van der Waals surface area contributed by atoms with Crippen LogP contribution in [0.4, 0.5) is 5.88 Å². The van der Waals surface area contributed by atoms with E-state index in [0.717, 1.165) is 11.1 Å². The monoisotopic (exact) mass is 474 g/mol. The molecule has 0 amide bonds. The van der Waals surface area contributed by atoms with Crippen molar-refractivity contribution in [3.8, 4) is 11.5 Å². The third kappa shape index (κ3) is 6.38. The van der Waals surface area contributed by atoms with Crippen molar-refractivity contribution in [2.75, 3.05) is 39.3 Å². The zero-order valence-corrected chi connectivity index (χ0v) is 20.4. The SMILES string of the molecule is CCOP(=O)(OCC)c1nc(Cc2ccccc2)oc1NCCc1ccc(OC)c(OC)c1. The van der Waals surface area contributed by atoms with Gasteiger partial charge in [-0.2, -0.15) is 0 Å². The lowest BCUT2D eigenvalue weighted by Crippen LogP contribution is -2.18. The van der Waals surface area contributed by atoms with E-state index in [1.165, 1.54) is 0 Å². The Morgan fingerprint density at radius 2 is 1.64 bits per heavy atom. The van der Waals surface area contributed by atoms with Crippen LogP contribution in [-0.4, -0.2) is 39.0 Å². The average molecular weight is 474 g/mol.